The third-order valence-corrected chi connectivity index (χ3v) is 3.06. The Morgan fingerprint density at radius 3 is 2.94 bits per heavy atom. The molecule has 0 saturated carbocycles. The van der Waals surface area contributed by atoms with Crippen LogP contribution >= 0.6 is 11.6 Å². The summed E-state index contributed by atoms with van der Waals surface area (Å²) in [5, 5.41) is 9.71. The van der Waals surface area contributed by atoms with Crippen molar-refractivity contribution in [2.75, 3.05) is 18.0 Å². The molecule has 0 aliphatic carbocycles. The van der Waals surface area contributed by atoms with Gasteiger partial charge in [-0.15, -0.1) is 0 Å². The van der Waals surface area contributed by atoms with Crippen LogP contribution < -0.4 is 4.90 Å². The van der Waals surface area contributed by atoms with Gasteiger partial charge in [0.15, 0.2) is 0 Å². The Morgan fingerprint density at radius 2 is 2.29 bits per heavy atom. The van der Waals surface area contributed by atoms with Crippen LogP contribution in [-0.4, -0.2) is 24.2 Å². The van der Waals surface area contributed by atoms with Crippen molar-refractivity contribution < 1.29 is 9.90 Å². The lowest BCUT2D eigenvalue weighted by Gasteiger charge is -2.31. The zero-order valence-corrected chi connectivity index (χ0v) is 10.2. The summed E-state index contributed by atoms with van der Waals surface area (Å²) in [5.41, 5.74) is 2.27. The molecule has 90 valence electrons. The van der Waals surface area contributed by atoms with Crippen molar-refractivity contribution in [3.63, 3.8) is 0 Å². The smallest absolute Gasteiger partial charge is 0.336 e. The number of benzene rings is 1. The Labute approximate surface area is 105 Å². The van der Waals surface area contributed by atoms with Crippen LogP contribution in [0.3, 0.4) is 0 Å². The summed E-state index contributed by atoms with van der Waals surface area (Å²) in [6.07, 6.45) is 1.75. The zero-order valence-electron chi connectivity index (χ0n) is 9.45. The van der Waals surface area contributed by atoms with Gasteiger partial charge >= 0.3 is 5.97 Å². The standard InChI is InChI=1S/C13H14ClNO2/c1-9(14)8-15-7-3-5-10-11(13(16)17)4-2-6-12(10)15/h2,4,6H,1,3,5,7-8H2,(H,16,17). The van der Waals surface area contributed by atoms with Crippen LogP contribution in [0.5, 0.6) is 0 Å². The molecule has 3 nitrogen and oxygen atoms in total. The molecule has 1 aromatic rings. The number of aromatic carboxylic acids is 1. The van der Waals surface area contributed by atoms with Crippen LogP contribution in [0.15, 0.2) is 29.8 Å². The number of hydrogen-bond acceptors (Lipinski definition) is 2. The summed E-state index contributed by atoms with van der Waals surface area (Å²) in [6.45, 7) is 5.14. The van der Waals surface area contributed by atoms with Crippen LogP contribution in [0.2, 0.25) is 0 Å². The van der Waals surface area contributed by atoms with E-state index in [4.69, 9.17) is 16.7 Å². The molecule has 17 heavy (non-hydrogen) atoms. The van der Waals surface area contributed by atoms with Gasteiger partial charge < -0.3 is 10.0 Å². The summed E-state index contributed by atoms with van der Waals surface area (Å²) >= 11 is 5.83. The molecule has 0 saturated heterocycles. The van der Waals surface area contributed by atoms with E-state index in [1.807, 2.05) is 6.07 Å². The van der Waals surface area contributed by atoms with Gasteiger partial charge in [0.25, 0.3) is 0 Å². The fourth-order valence-corrected chi connectivity index (χ4v) is 2.42. The van der Waals surface area contributed by atoms with Crippen LogP contribution in [-0.2, 0) is 6.42 Å². The quantitative estimate of drug-likeness (QED) is 0.898. The maximum absolute atomic E-state index is 11.1. The lowest BCUT2D eigenvalue weighted by atomic mass is 9.96. The molecule has 1 heterocycles. The molecular weight excluding hydrogens is 238 g/mol. The lowest BCUT2D eigenvalue weighted by molar-refractivity contribution is 0.0695. The monoisotopic (exact) mass is 251 g/mol. The molecule has 2 rings (SSSR count). The molecule has 0 unspecified atom stereocenters. The Bertz CT molecular complexity index is 470. The summed E-state index contributed by atoms with van der Waals surface area (Å²) in [7, 11) is 0. The Morgan fingerprint density at radius 1 is 1.53 bits per heavy atom. The molecule has 1 aliphatic heterocycles. The predicted molar refractivity (Wildman–Crippen MR) is 68.9 cm³/mol. The van der Waals surface area contributed by atoms with Crippen molar-refractivity contribution in [3.8, 4) is 0 Å². The number of carboxylic acid groups (broad SMARTS) is 1. The molecule has 0 atom stereocenters. The molecular formula is C13H14ClNO2. The van der Waals surface area contributed by atoms with Gasteiger partial charge in [0.1, 0.15) is 0 Å². The number of hydrogen-bond donors (Lipinski definition) is 1. The second-order valence-corrected chi connectivity index (χ2v) is 4.69. The highest BCUT2D eigenvalue weighted by Gasteiger charge is 2.21. The van der Waals surface area contributed by atoms with Gasteiger partial charge in [-0.2, -0.15) is 0 Å². The Kier molecular flexibility index (Phi) is 3.38. The number of carbonyl (C=O) groups is 1. The second-order valence-electron chi connectivity index (χ2n) is 4.15. The van der Waals surface area contributed by atoms with Crippen LogP contribution in [0.1, 0.15) is 22.3 Å². The lowest BCUT2D eigenvalue weighted by Crippen LogP contribution is -2.31. The number of halogens is 1. The first-order chi connectivity index (χ1) is 8.09. The van der Waals surface area contributed by atoms with Crippen LogP contribution in [0.25, 0.3) is 0 Å². The molecule has 0 spiro atoms. The van der Waals surface area contributed by atoms with E-state index in [1.54, 1.807) is 12.1 Å². The molecule has 0 amide bonds. The number of rotatable bonds is 3. The minimum Gasteiger partial charge on any atom is -0.478 e. The Hall–Kier alpha value is -1.48. The number of carboxylic acids is 1. The van der Waals surface area contributed by atoms with Gasteiger partial charge in [0.05, 0.1) is 12.1 Å². The first kappa shape index (κ1) is 12.0. The summed E-state index contributed by atoms with van der Waals surface area (Å²) in [5.74, 6) is -0.867. The van der Waals surface area contributed by atoms with Crippen molar-refractivity contribution in [1.29, 1.82) is 0 Å². The minimum absolute atomic E-state index is 0.396. The van der Waals surface area contributed by atoms with Crippen molar-refractivity contribution in [2.45, 2.75) is 12.8 Å². The maximum atomic E-state index is 11.1. The third-order valence-electron chi connectivity index (χ3n) is 2.94. The van der Waals surface area contributed by atoms with Gasteiger partial charge in [0.2, 0.25) is 0 Å². The van der Waals surface area contributed by atoms with Crippen molar-refractivity contribution in [1.82, 2.24) is 0 Å². The van der Waals surface area contributed by atoms with Crippen molar-refractivity contribution >= 4 is 23.3 Å². The van der Waals surface area contributed by atoms with E-state index < -0.39 is 5.97 Å². The average Bonchev–Trinajstić information content (AvgIpc) is 2.28. The summed E-state index contributed by atoms with van der Waals surface area (Å²) in [6, 6.07) is 5.37. The summed E-state index contributed by atoms with van der Waals surface area (Å²) in [4.78, 5) is 13.2. The summed E-state index contributed by atoms with van der Waals surface area (Å²) < 4.78 is 0. The van der Waals surface area contributed by atoms with E-state index in [-0.39, 0.29) is 0 Å². The van der Waals surface area contributed by atoms with Crippen molar-refractivity contribution in [2.24, 2.45) is 0 Å². The second kappa shape index (κ2) is 4.80. The molecule has 0 aromatic heterocycles. The highest BCUT2D eigenvalue weighted by Crippen LogP contribution is 2.30. The first-order valence-electron chi connectivity index (χ1n) is 5.53. The van der Waals surface area contributed by atoms with Gasteiger partial charge in [-0.1, -0.05) is 24.2 Å². The van der Waals surface area contributed by atoms with E-state index in [2.05, 4.69) is 11.5 Å². The molecule has 4 heteroatoms. The highest BCUT2D eigenvalue weighted by molar-refractivity contribution is 6.29. The topological polar surface area (TPSA) is 40.5 Å². The third kappa shape index (κ3) is 2.44. The van der Waals surface area contributed by atoms with Gasteiger partial charge in [-0.05, 0) is 30.5 Å². The fourth-order valence-electron chi connectivity index (χ4n) is 2.27. The van der Waals surface area contributed by atoms with E-state index in [1.165, 1.54) is 0 Å². The van der Waals surface area contributed by atoms with Crippen LogP contribution in [0.4, 0.5) is 5.69 Å². The maximum Gasteiger partial charge on any atom is 0.336 e. The van der Waals surface area contributed by atoms with E-state index in [0.29, 0.717) is 17.1 Å². The van der Waals surface area contributed by atoms with E-state index in [9.17, 15) is 4.79 Å². The van der Waals surface area contributed by atoms with E-state index >= 15 is 0 Å². The largest absolute Gasteiger partial charge is 0.478 e. The molecule has 0 fully saturated rings. The molecule has 0 bridgehead atoms. The molecule has 1 aromatic carbocycles. The van der Waals surface area contributed by atoms with Gasteiger partial charge in [-0.3, -0.25) is 0 Å². The van der Waals surface area contributed by atoms with Gasteiger partial charge in [0, 0.05) is 17.3 Å². The highest BCUT2D eigenvalue weighted by atomic mass is 35.5. The minimum atomic E-state index is -0.867. The zero-order chi connectivity index (χ0) is 12.4. The van der Waals surface area contributed by atoms with Crippen molar-refractivity contribution in [3.05, 3.63) is 40.9 Å². The molecule has 1 N–H and O–H groups in total. The number of nitrogens with zero attached hydrogens (tertiary/aromatic N) is 1. The number of fused-ring (bicyclic) bond motifs is 1. The molecule has 1 aliphatic rings. The normalized spacial score (nSPS) is 14.3. The molecule has 0 radical (unpaired) electrons. The predicted octanol–water partition coefficient (Wildman–Crippen LogP) is 2.89. The average molecular weight is 252 g/mol. The Balaban J connectivity index is 2.42. The van der Waals surface area contributed by atoms with Crippen LogP contribution in [0, 0.1) is 0 Å². The SMILES string of the molecule is C=C(Cl)CN1CCCc2c(C(=O)O)cccc21. The number of anilines is 1. The fraction of sp³-hybridized carbons (Fsp3) is 0.308. The first-order valence-corrected chi connectivity index (χ1v) is 5.91. The van der Waals surface area contributed by atoms with E-state index in [0.717, 1.165) is 30.6 Å². The van der Waals surface area contributed by atoms with Gasteiger partial charge in [-0.25, -0.2) is 4.79 Å².